The Bertz CT molecular complexity index is 309. The van der Waals surface area contributed by atoms with Crippen LogP contribution in [0.5, 0.6) is 0 Å². The molecule has 4 atom stereocenters. The van der Waals surface area contributed by atoms with Crippen molar-refractivity contribution in [1.82, 2.24) is 0 Å². The number of aldehydes is 1. The molecule has 0 bridgehead atoms. The zero-order valence-corrected chi connectivity index (χ0v) is 12.4. The second-order valence-electron chi connectivity index (χ2n) is 5.30. The molecule has 1 saturated carbocycles. The maximum Gasteiger partial charge on any atom is 0.151 e. The topological polar surface area (TPSA) is 240 Å². The number of hydrogen-bond acceptors (Lipinski definition) is 12. The van der Waals surface area contributed by atoms with Gasteiger partial charge in [-0.2, -0.15) is 0 Å². The number of carbonyl (C=O) groups excluding carboxylic acids is 1. The number of carbonyl (C=O) groups is 1. The van der Waals surface area contributed by atoms with Crippen LogP contribution in [0.4, 0.5) is 0 Å². The van der Waals surface area contributed by atoms with Gasteiger partial charge in [0.1, 0.15) is 61.0 Å². The van der Waals surface area contributed by atoms with Crippen LogP contribution in [0.2, 0.25) is 0 Å². The standard InChI is InChI=1S/2C6H12O6/c7-1-2(8)4(10)6(12)5(11)3(1)9;7-1-3(9)5(11)6(12)4(10)2-8/h1-12H;1,3-6,8-12H,2H2/t;3-,4-,5-,6-/m.1/s1. The molecule has 0 radical (unpaired) electrons. The zero-order valence-electron chi connectivity index (χ0n) is 12.4. The highest BCUT2D eigenvalue weighted by Crippen LogP contribution is 2.20. The second-order valence-corrected chi connectivity index (χ2v) is 5.30. The van der Waals surface area contributed by atoms with Crippen LogP contribution in [-0.2, 0) is 4.79 Å². The minimum atomic E-state index is -1.79. The minimum Gasteiger partial charge on any atom is -0.394 e. The van der Waals surface area contributed by atoms with E-state index in [0.29, 0.717) is 0 Å². The van der Waals surface area contributed by atoms with E-state index in [4.69, 9.17) is 56.2 Å². The molecule has 12 nitrogen and oxygen atoms in total. The smallest absolute Gasteiger partial charge is 0.151 e. The highest BCUT2D eigenvalue weighted by molar-refractivity contribution is 5.56. The third kappa shape index (κ3) is 5.65. The van der Waals surface area contributed by atoms with Crippen molar-refractivity contribution in [1.29, 1.82) is 0 Å². The monoisotopic (exact) mass is 360 g/mol. The molecule has 0 aliphatic heterocycles. The second kappa shape index (κ2) is 10.3. The summed E-state index contributed by atoms with van der Waals surface area (Å²) in [5.41, 5.74) is 0. The van der Waals surface area contributed by atoms with Gasteiger partial charge in [-0.25, -0.2) is 0 Å². The van der Waals surface area contributed by atoms with E-state index in [1.165, 1.54) is 0 Å². The molecule has 24 heavy (non-hydrogen) atoms. The predicted octanol–water partition coefficient (Wildman–Crippen LogP) is -7.21. The van der Waals surface area contributed by atoms with Gasteiger partial charge in [0.15, 0.2) is 6.29 Å². The van der Waals surface area contributed by atoms with Crippen LogP contribution >= 0.6 is 0 Å². The summed E-state index contributed by atoms with van der Waals surface area (Å²) in [5.74, 6) is 0. The molecular formula is C12H24O12. The van der Waals surface area contributed by atoms with Crippen LogP contribution in [0.25, 0.3) is 0 Å². The van der Waals surface area contributed by atoms with Crippen LogP contribution in [0.3, 0.4) is 0 Å². The fourth-order valence-corrected chi connectivity index (χ4v) is 1.83. The molecule has 1 aliphatic rings. The number of rotatable bonds is 5. The van der Waals surface area contributed by atoms with E-state index in [0.717, 1.165) is 0 Å². The Morgan fingerprint density at radius 1 is 0.667 bits per heavy atom. The van der Waals surface area contributed by atoms with Crippen LogP contribution < -0.4 is 0 Å². The lowest BCUT2D eigenvalue weighted by Crippen LogP contribution is -2.63. The number of aliphatic hydroxyl groups excluding tert-OH is 11. The van der Waals surface area contributed by atoms with Gasteiger partial charge in [-0.1, -0.05) is 0 Å². The van der Waals surface area contributed by atoms with Crippen LogP contribution in [0.1, 0.15) is 0 Å². The average molecular weight is 360 g/mol. The molecule has 144 valence electrons. The van der Waals surface area contributed by atoms with Gasteiger partial charge in [-0.05, 0) is 0 Å². The van der Waals surface area contributed by atoms with Gasteiger partial charge in [-0.15, -0.1) is 0 Å². The predicted molar refractivity (Wildman–Crippen MR) is 73.2 cm³/mol. The first kappa shape index (κ1) is 23.2. The number of aliphatic hydroxyl groups is 11. The molecule has 0 aromatic carbocycles. The van der Waals surface area contributed by atoms with E-state index in [2.05, 4.69) is 0 Å². The molecule has 0 unspecified atom stereocenters. The van der Waals surface area contributed by atoms with E-state index in [-0.39, 0.29) is 6.29 Å². The van der Waals surface area contributed by atoms with Crippen LogP contribution in [0, 0.1) is 0 Å². The summed E-state index contributed by atoms with van der Waals surface area (Å²) in [5, 5.41) is 97.4. The highest BCUT2D eigenvalue weighted by Gasteiger charge is 2.47. The summed E-state index contributed by atoms with van der Waals surface area (Å²) in [4.78, 5) is 9.90. The summed E-state index contributed by atoms with van der Waals surface area (Å²) in [7, 11) is 0. The Hall–Kier alpha value is -0.770. The first-order valence-corrected chi connectivity index (χ1v) is 6.88. The van der Waals surface area contributed by atoms with Crippen molar-refractivity contribution in [3.8, 4) is 0 Å². The van der Waals surface area contributed by atoms with Gasteiger partial charge in [0.05, 0.1) is 6.61 Å². The number of hydrogen-bond donors (Lipinski definition) is 11. The quantitative estimate of drug-likeness (QED) is 0.205. The fraction of sp³-hybridized carbons (Fsp3) is 0.917. The van der Waals surface area contributed by atoms with Crippen molar-refractivity contribution in [2.45, 2.75) is 61.0 Å². The van der Waals surface area contributed by atoms with Gasteiger partial charge < -0.3 is 61.0 Å². The Balaban J connectivity index is 0.000000441. The Kier molecular flexibility index (Phi) is 9.94. The lowest BCUT2D eigenvalue weighted by Gasteiger charge is -2.39. The van der Waals surface area contributed by atoms with Crippen molar-refractivity contribution < 1.29 is 61.0 Å². The van der Waals surface area contributed by atoms with Crippen molar-refractivity contribution >= 4 is 6.29 Å². The minimum absolute atomic E-state index is 0.0258. The molecule has 0 aromatic rings. The van der Waals surface area contributed by atoms with Crippen molar-refractivity contribution in [2.24, 2.45) is 0 Å². The molecule has 0 amide bonds. The molecule has 0 saturated heterocycles. The molecule has 11 N–H and O–H groups in total. The van der Waals surface area contributed by atoms with E-state index in [1.54, 1.807) is 0 Å². The molecule has 0 heterocycles. The summed E-state index contributed by atoms with van der Waals surface area (Å²) >= 11 is 0. The molecule has 0 spiro atoms. The molecular weight excluding hydrogens is 336 g/mol. The summed E-state index contributed by atoms with van der Waals surface area (Å²) in [6.07, 6.45) is -16.7. The van der Waals surface area contributed by atoms with E-state index >= 15 is 0 Å². The van der Waals surface area contributed by atoms with Gasteiger partial charge in [0, 0.05) is 0 Å². The summed E-state index contributed by atoms with van der Waals surface area (Å²) < 4.78 is 0. The lowest BCUT2D eigenvalue weighted by atomic mass is 9.85. The largest absolute Gasteiger partial charge is 0.394 e. The van der Waals surface area contributed by atoms with E-state index in [1.807, 2.05) is 0 Å². The first-order valence-electron chi connectivity index (χ1n) is 6.88. The third-order valence-electron chi connectivity index (χ3n) is 3.52. The van der Waals surface area contributed by atoms with Gasteiger partial charge >= 0.3 is 0 Å². The van der Waals surface area contributed by atoms with Gasteiger partial charge in [0.25, 0.3) is 0 Å². The molecule has 1 aliphatic carbocycles. The van der Waals surface area contributed by atoms with Crippen molar-refractivity contribution in [2.75, 3.05) is 6.61 Å². The fourth-order valence-electron chi connectivity index (χ4n) is 1.83. The molecule has 1 rings (SSSR count). The van der Waals surface area contributed by atoms with Crippen LogP contribution in [-0.4, -0.2) is 130 Å². The third-order valence-corrected chi connectivity index (χ3v) is 3.52. The molecule has 0 aromatic heterocycles. The normalized spacial score (nSPS) is 38.3. The molecule has 1 fully saturated rings. The maximum atomic E-state index is 9.90. The SMILES string of the molecule is O=C[C@@H](O)[C@@H](O)[C@H](O)[C@H](O)CO.OC1C(O)C(O)C(O)C(O)C1O. The zero-order chi connectivity index (χ0) is 19.2. The Labute approximate surface area is 136 Å². The van der Waals surface area contributed by atoms with Crippen molar-refractivity contribution in [3.63, 3.8) is 0 Å². The first-order chi connectivity index (χ1) is 11.0. The van der Waals surface area contributed by atoms with E-state index < -0.39 is 67.6 Å². The maximum absolute atomic E-state index is 9.90. The highest BCUT2D eigenvalue weighted by atomic mass is 16.4. The molecule has 12 heteroatoms. The summed E-state index contributed by atoms with van der Waals surface area (Å²) in [6.45, 7) is -0.760. The van der Waals surface area contributed by atoms with Gasteiger partial charge in [-0.3, -0.25) is 0 Å². The lowest BCUT2D eigenvalue weighted by molar-refractivity contribution is -0.223. The van der Waals surface area contributed by atoms with Gasteiger partial charge in [0.2, 0.25) is 0 Å². The average Bonchev–Trinajstić information content (AvgIpc) is 2.60. The van der Waals surface area contributed by atoms with E-state index in [9.17, 15) is 4.79 Å². The Morgan fingerprint density at radius 3 is 1.17 bits per heavy atom. The summed E-state index contributed by atoms with van der Waals surface area (Å²) in [6, 6.07) is 0. The van der Waals surface area contributed by atoms with Crippen LogP contribution in [0.15, 0.2) is 0 Å². The van der Waals surface area contributed by atoms with Crippen molar-refractivity contribution in [3.05, 3.63) is 0 Å². The Morgan fingerprint density at radius 2 is 0.958 bits per heavy atom.